The minimum absolute atomic E-state index is 0.0938. The van der Waals surface area contributed by atoms with Crippen LogP contribution in [0.2, 0.25) is 0 Å². The summed E-state index contributed by atoms with van der Waals surface area (Å²) in [6, 6.07) is 5.25. The van der Waals surface area contributed by atoms with Gasteiger partial charge in [0.1, 0.15) is 5.82 Å². The summed E-state index contributed by atoms with van der Waals surface area (Å²) >= 11 is 3.26. The van der Waals surface area contributed by atoms with E-state index in [-0.39, 0.29) is 11.9 Å². The van der Waals surface area contributed by atoms with Crippen molar-refractivity contribution in [1.29, 1.82) is 0 Å². The van der Waals surface area contributed by atoms with Crippen molar-refractivity contribution in [2.24, 2.45) is 5.84 Å². The van der Waals surface area contributed by atoms with Crippen molar-refractivity contribution >= 4 is 15.9 Å². The van der Waals surface area contributed by atoms with Crippen LogP contribution in [0.3, 0.4) is 0 Å². The van der Waals surface area contributed by atoms with E-state index in [9.17, 15) is 4.39 Å². The van der Waals surface area contributed by atoms with Crippen molar-refractivity contribution in [2.75, 3.05) is 19.6 Å². The molecule has 0 saturated heterocycles. The molecule has 3 N–H and O–H groups in total. The van der Waals surface area contributed by atoms with Crippen LogP contribution in [0, 0.1) is 5.82 Å². The van der Waals surface area contributed by atoms with E-state index in [1.807, 2.05) is 6.07 Å². The zero-order chi connectivity index (χ0) is 14.3. The Bertz CT molecular complexity index is 383. The van der Waals surface area contributed by atoms with Gasteiger partial charge in [0.05, 0.1) is 0 Å². The molecule has 0 amide bonds. The number of nitrogens with one attached hydrogen (secondary N) is 1. The highest BCUT2D eigenvalue weighted by molar-refractivity contribution is 9.10. The molecule has 1 unspecified atom stereocenters. The Labute approximate surface area is 123 Å². The van der Waals surface area contributed by atoms with Gasteiger partial charge >= 0.3 is 0 Å². The minimum atomic E-state index is -0.183. The lowest BCUT2D eigenvalue weighted by atomic mass is 10.0. The van der Waals surface area contributed by atoms with E-state index in [2.05, 4.69) is 40.1 Å². The summed E-state index contributed by atoms with van der Waals surface area (Å²) in [5.74, 6) is 5.39. The monoisotopic (exact) mass is 331 g/mol. The Hall–Kier alpha value is -0.490. The number of hydrazine groups is 1. The van der Waals surface area contributed by atoms with Crippen LogP contribution in [0.5, 0.6) is 0 Å². The fraction of sp³-hybridized carbons (Fsp3) is 0.571. The first kappa shape index (κ1) is 16.6. The summed E-state index contributed by atoms with van der Waals surface area (Å²) in [5.41, 5.74) is 3.49. The zero-order valence-electron chi connectivity index (χ0n) is 11.6. The molecule has 0 saturated carbocycles. The molecular weight excluding hydrogens is 309 g/mol. The maximum atomic E-state index is 13.8. The Morgan fingerprint density at radius 2 is 2.05 bits per heavy atom. The Kier molecular flexibility index (Phi) is 7.53. The number of nitrogens with zero attached hydrogens (tertiary/aromatic N) is 1. The molecule has 0 aliphatic rings. The number of rotatable bonds is 8. The largest absolute Gasteiger partial charge is 0.304 e. The maximum absolute atomic E-state index is 13.8. The molecule has 1 atom stereocenters. The van der Waals surface area contributed by atoms with Gasteiger partial charge in [-0.2, -0.15) is 0 Å². The lowest BCUT2D eigenvalue weighted by Crippen LogP contribution is -2.40. The SMILES string of the molecule is CCN(CC)CCC(Cc1ccc(Br)cc1F)NN. The number of halogens is 2. The molecule has 0 spiro atoms. The average Bonchev–Trinajstić information content (AvgIpc) is 2.41. The molecule has 0 aliphatic heterocycles. The Morgan fingerprint density at radius 3 is 2.58 bits per heavy atom. The first-order valence-corrected chi connectivity index (χ1v) is 7.52. The lowest BCUT2D eigenvalue weighted by molar-refractivity contribution is 0.280. The quantitative estimate of drug-likeness (QED) is 0.568. The first-order chi connectivity index (χ1) is 9.10. The number of hydrogen-bond donors (Lipinski definition) is 2. The van der Waals surface area contributed by atoms with Gasteiger partial charge < -0.3 is 4.90 Å². The highest BCUT2D eigenvalue weighted by Crippen LogP contribution is 2.17. The molecule has 0 radical (unpaired) electrons. The van der Waals surface area contributed by atoms with Gasteiger partial charge in [-0.1, -0.05) is 35.8 Å². The summed E-state index contributed by atoms with van der Waals surface area (Å²) < 4.78 is 14.5. The molecule has 0 fully saturated rings. The van der Waals surface area contributed by atoms with Crippen LogP contribution in [-0.2, 0) is 6.42 Å². The Morgan fingerprint density at radius 1 is 1.37 bits per heavy atom. The molecule has 0 aliphatic carbocycles. The van der Waals surface area contributed by atoms with Crippen LogP contribution < -0.4 is 11.3 Å². The van der Waals surface area contributed by atoms with E-state index in [1.165, 1.54) is 6.07 Å². The first-order valence-electron chi connectivity index (χ1n) is 6.73. The summed E-state index contributed by atoms with van der Waals surface area (Å²) in [5, 5.41) is 0. The van der Waals surface area contributed by atoms with E-state index in [0.29, 0.717) is 12.0 Å². The van der Waals surface area contributed by atoms with Crippen LogP contribution in [0.25, 0.3) is 0 Å². The van der Waals surface area contributed by atoms with Gasteiger partial charge in [-0.05, 0) is 50.2 Å². The molecule has 1 aromatic rings. The number of nitrogens with two attached hydrogens (primary N) is 1. The predicted octanol–water partition coefficient (Wildman–Crippen LogP) is 2.69. The standard InChI is InChI=1S/C14H23BrFN3/c1-3-19(4-2)8-7-13(18-17)9-11-5-6-12(15)10-14(11)16/h5-6,10,13,18H,3-4,7-9,17H2,1-2H3. The molecule has 3 nitrogen and oxygen atoms in total. The van der Waals surface area contributed by atoms with Crippen molar-refractivity contribution in [3.8, 4) is 0 Å². The molecule has 0 bridgehead atoms. The van der Waals surface area contributed by atoms with Crippen molar-refractivity contribution < 1.29 is 4.39 Å². The summed E-state index contributed by atoms with van der Waals surface area (Å²) in [6.07, 6.45) is 1.52. The van der Waals surface area contributed by atoms with Crippen molar-refractivity contribution in [1.82, 2.24) is 10.3 Å². The molecule has 108 valence electrons. The second-order valence-corrected chi connectivity index (χ2v) is 5.53. The third-order valence-electron chi connectivity index (χ3n) is 3.41. The van der Waals surface area contributed by atoms with Crippen LogP contribution in [0.15, 0.2) is 22.7 Å². The van der Waals surface area contributed by atoms with Gasteiger partial charge in [0.2, 0.25) is 0 Å². The second-order valence-electron chi connectivity index (χ2n) is 4.62. The Balaban J connectivity index is 2.56. The van der Waals surface area contributed by atoms with Crippen molar-refractivity contribution in [3.05, 3.63) is 34.1 Å². The van der Waals surface area contributed by atoms with Gasteiger partial charge in [-0.3, -0.25) is 11.3 Å². The van der Waals surface area contributed by atoms with Crippen LogP contribution in [-0.4, -0.2) is 30.6 Å². The molecule has 1 rings (SSSR count). The third-order valence-corrected chi connectivity index (χ3v) is 3.90. The average molecular weight is 332 g/mol. The number of hydrogen-bond acceptors (Lipinski definition) is 3. The number of benzene rings is 1. The van der Waals surface area contributed by atoms with Crippen LogP contribution in [0.1, 0.15) is 25.8 Å². The van der Waals surface area contributed by atoms with E-state index >= 15 is 0 Å². The normalized spacial score (nSPS) is 12.9. The smallest absolute Gasteiger partial charge is 0.127 e. The fourth-order valence-electron chi connectivity index (χ4n) is 2.08. The van der Waals surface area contributed by atoms with Gasteiger partial charge in [0, 0.05) is 10.5 Å². The summed E-state index contributed by atoms with van der Waals surface area (Å²) in [4.78, 5) is 2.34. The van der Waals surface area contributed by atoms with Gasteiger partial charge in [-0.25, -0.2) is 4.39 Å². The summed E-state index contributed by atoms with van der Waals surface area (Å²) in [7, 11) is 0. The molecule has 0 aromatic heterocycles. The highest BCUT2D eigenvalue weighted by Gasteiger charge is 2.12. The van der Waals surface area contributed by atoms with E-state index < -0.39 is 0 Å². The van der Waals surface area contributed by atoms with Crippen LogP contribution in [0.4, 0.5) is 4.39 Å². The molecule has 1 aromatic carbocycles. The van der Waals surface area contributed by atoms with E-state index in [1.54, 1.807) is 6.07 Å². The summed E-state index contributed by atoms with van der Waals surface area (Å²) in [6.45, 7) is 7.31. The zero-order valence-corrected chi connectivity index (χ0v) is 13.2. The fourth-order valence-corrected chi connectivity index (χ4v) is 2.41. The predicted molar refractivity (Wildman–Crippen MR) is 81.3 cm³/mol. The van der Waals surface area contributed by atoms with Crippen molar-refractivity contribution in [2.45, 2.75) is 32.7 Å². The molecule has 19 heavy (non-hydrogen) atoms. The van der Waals surface area contributed by atoms with E-state index in [4.69, 9.17) is 5.84 Å². The molecule has 5 heteroatoms. The van der Waals surface area contributed by atoms with Gasteiger partial charge in [0.15, 0.2) is 0 Å². The second kappa shape index (κ2) is 8.64. The van der Waals surface area contributed by atoms with Crippen molar-refractivity contribution in [3.63, 3.8) is 0 Å². The minimum Gasteiger partial charge on any atom is -0.304 e. The van der Waals surface area contributed by atoms with Gasteiger partial charge in [0.25, 0.3) is 0 Å². The maximum Gasteiger partial charge on any atom is 0.127 e. The highest BCUT2D eigenvalue weighted by atomic mass is 79.9. The third kappa shape index (κ3) is 5.57. The molecular formula is C14H23BrFN3. The van der Waals surface area contributed by atoms with Crippen LogP contribution >= 0.6 is 15.9 Å². The molecule has 0 heterocycles. The topological polar surface area (TPSA) is 41.3 Å². The van der Waals surface area contributed by atoms with E-state index in [0.717, 1.165) is 30.5 Å². The lowest BCUT2D eigenvalue weighted by Gasteiger charge is -2.22. The van der Waals surface area contributed by atoms with Gasteiger partial charge in [-0.15, -0.1) is 0 Å².